The number of nitrogens with zero attached hydrogens (tertiary/aromatic N) is 1. The average Bonchev–Trinajstić information content (AvgIpc) is 1.95. The summed E-state index contributed by atoms with van der Waals surface area (Å²) in [6, 6.07) is 0. The zero-order chi connectivity index (χ0) is 7.56. The molecule has 0 aliphatic heterocycles. The van der Waals surface area contributed by atoms with Gasteiger partial charge < -0.3 is 4.74 Å². The van der Waals surface area contributed by atoms with Crippen LogP contribution in [0.5, 0.6) is 5.75 Å². The van der Waals surface area contributed by atoms with Crippen molar-refractivity contribution in [1.82, 2.24) is 4.98 Å². The van der Waals surface area contributed by atoms with Gasteiger partial charge in [-0.25, -0.2) is 4.39 Å². The Balaban J connectivity index is 3.14. The number of hydrogen-bond acceptors (Lipinski definition) is 2. The third-order valence-electron chi connectivity index (χ3n) is 1.03. The first-order chi connectivity index (χ1) is 4.75. The van der Waals surface area contributed by atoms with Crippen LogP contribution in [0.4, 0.5) is 8.78 Å². The number of methoxy groups -OCH3 is 1. The van der Waals surface area contributed by atoms with Crippen LogP contribution < -0.4 is 4.74 Å². The van der Waals surface area contributed by atoms with Gasteiger partial charge in [0.1, 0.15) is 0 Å². The van der Waals surface area contributed by atoms with E-state index in [1.165, 1.54) is 7.11 Å². The fourth-order valence-corrected chi connectivity index (χ4v) is 0.544. The molecule has 0 spiro atoms. The molecule has 1 rings (SSSR count). The molecule has 10 heavy (non-hydrogen) atoms. The largest absolute Gasteiger partial charge is 0.492 e. The summed E-state index contributed by atoms with van der Waals surface area (Å²) in [6.07, 6.45) is 1.90. The van der Waals surface area contributed by atoms with Gasteiger partial charge >= 0.3 is 0 Å². The predicted molar refractivity (Wildman–Crippen MR) is 30.7 cm³/mol. The summed E-state index contributed by atoms with van der Waals surface area (Å²) in [5.74, 6) is -2.18. The molecular formula is C6H5F2NO. The van der Waals surface area contributed by atoms with Gasteiger partial charge in [0.25, 0.3) is 0 Å². The van der Waals surface area contributed by atoms with Crippen molar-refractivity contribution in [2.45, 2.75) is 0 Å². The quantitative estimate of drug-likeness (QED) is 0.595. The minimum absolute atomic E-state index is 0.181. The van der Waals surface area contributed by atoms with Gasteiger partial charge in [0.15, 0.2) is 11.6 Å². The number of rotatable bonds is 1. The molecule has 0 N–H and O–H groups in total. The molecule has 0 bridgehead atoms. The second-order valence-corrected chi connectivity index (χ2v) is 1.64. The Hall–Kier alpha value is -1.19. The maximum Gasteiger partial charge on any atom is 0.203 e. The van der Waals surface area contributed by atoms with Crippen molar-refractivity contribution in [3.63, 3.8) is 0 Å². The molecule has 0 aliphatic carbocycles. The zero-order valence-electron chi connectivity index (χ0n) is 5.27. The summed E-state index contributed by atoms with van der Waals surface area (Å²) in [4.78, 5) is 3.38. The smallest absolute Gasteiger partial charge is 0.203 e. The second-order valence-electron chi connectivity index (χ2n) is 1.64. The molecule has 0 unspecified atom stereocenters. The van der Waals surface area contributed by atoms with Gasteiger partial charge in [-0.15, -0.1) is 0 Å². The van der Waals surface area contributed by atoms with Crippen molar-refractivity contribution in [3.05, 3.63) is 24.0 Å². The van der Waals surface area contributed by atoms with E-state index in [1.54, 1.807) is 0 Å². The van der Waals surface area contributed by atoms with E-state index in [0.717, 1.165) is 12.4 Å². The molecule has 0 amide bonds. The molecular weight excluding hydrogens is 140 g/mol. The first-order valence-electron chi connectivity index (χ1n) is 2.58. The molecule has 0 aromatic carbocycles. The molecule has 1 aromatic rings. The van der Waals surface area contributed by atoms with Crippen molar-refractivity contribution in [3.8, 4) is 5.75 Å². The lowest BCUT2D eigenvalue weighted by molar-refractivity contribution is 0.368. The van der Waals surface area contributed by atoms with Crippen LogP contribution >= 0.6 is 0 Å². The summed E-state index contributed by atoms with van der Waals surface area (Å²) in [6.45, 7) is 0. The summed E-state index contributed by atoms with van der Waals surface area (Å²) < 4.78 is 29.2. The Morgan fingerprint density at radius 2 is 2.10 bits per heavy atom. The maximum atomic E-state index is 12.5. The van der Waals surface area contributed by atoms with Crippen LogP contribution in [0.25, 0.3) is 0 Å². The SMILES string of the molecule is COc1cncc(F)c1F. The van der Waals surface area contributed by atoms with Gasteiger partial charge in [0, 0.05) is 0 Å². The van der Waals surface area contributed by atoms with Gasteiger partial charge in [-0.2, -0.15) is 4.39 Å². The van der Waals surface area contributed by atoms with Crippen LogP contribution in [0.1, 0.15) is 0 Å². The van der Waals surface area contributed by atoms with Crippen molar-refractivity contribution < 1.29 is 13.5 Å². The Labute approximate surface area is 56.5 Å². The highest BCUT2D eigenvalue weighted by molar-refractivity contribution is 5.19. The van der Waals surface area contributed by atoms with E-state index in [2.05, 4.69) is 9.72 Å². The molecule has 0 atom stereocenters. The fraction of sp³-hybridized carbons (Fsp3) is 0.167. The van der Waals surface area contributed by atoms with E-state index in [9.17, 15) is 8.78 Å². The monoisotopic (exact) mass is 145 g/mol. The average molecular weight is 145 g/mol. The number of pyridine rings is 1. The molecule has 1 heterocycles. The molecule has 4 heteroatoms. The van der Waals surface area contributed by atoms with Crippen molar-refractivity contribution in [1.29, 1.82) is 0 Å². The number of ether oxygens (including phenoxy) is 1. The summed E-state index contributed by atoms with van der Waals surface area (Å²) in [5.41, 5.74) is 0. The highest BCUT2D eigenvalue weighted by Crippen LogP contribution is 2.15. The summed E-state index contributed by atoms with van der Waals surface area (Å²) in [7, 11) is 1.25. The lowest BCUT2D eigenvalue weighted by atomic mass is 10.4. The molecule has 0 saturated heterocycles. The zero-order valence-corrected chi connectivity index (χ0v) is 5.27. The highest BCUT2D eigenvalue weighted by atomic mass is 19.2. The molecule has 1 aromatic heterocycles. The van der Waals surface area contributed by atoms with Crippen LogP contribution in [0.2, 0.25) is 0 Å². The Kier molecular flexibility index (Phi) is 1.80. The lowest BCUT2D eigenvalue weighted by Gasteiger charge is -1.98. The first kappa shape index (κ1) is 6.92. The van der Waals surface area contributed by atoms with Gasteiger partial charge in [0.05, 0.1) is 19.5 Å². The first-order valence-corrected chi connectivity index (χ1v) is 2.58. The Morgan fingerprint density at radius 1 is 1.40 bits per heavy atom. The minimum Gasteiger partial charge on any atom is -0.492 e. The predicted octanol–water partition coefficient (Wildman–Crippen LogP) is 1.37. The summed E-state index contributed by atoms with van der Waals surface area (Å²) >= 11 is 0. The second kappa shape index (κ2) is 2.60. The molecule has 0 aliphatic rings. The van der Waals surface area contributed by atoms with Crippen LogP contribution in [0, 0.1) is 11.6 Å². The molecule has 0 saturated carbocycles. The number of hydrogen-bond donors (Lipinski definition) is 0. The number of aromatic nitrogens is 1. The van der Waals surface area contributed by atoms with E-state index in [-0.39, 0.29) is 5.75 Å². The lowest BCUT2D eigenvalue weighted by Crippen LogP contribution is -1.92. The topological polar surface area (TPSA) is 22.1 Å². The number of halogens is 2. The standard InChI is InChI=1S/C6H5F2NO/c1-10-5-3-9-2-4(7)6(5)8/h2-3H,1H3. The van der Waals surface area contributed by atoms with Crippen LogP contribution in [0.15, 0.2) is 12.4 Å². The maximum absolute atomic E-state index is 12.5. The van der Waals surface area contributed by atoms with Gasteiger partial charge in [0.2, 0.25) is 5.82 Å². The van der Waals surface area contributed by atoms with E-state index in [0.29, 0.717) is 0 Å². The Morgan fingerprint density at radius 3 is 2.60 bits per heavy atom. The Bertz CT molecular complexity index is 239. The van der Waals surface area contributed by atoms with E-state index in [4.69, 9.17) is 0 Å². The van der Waals surface area contributed by atoms with Crippen molar-refractivity contribution in [2.24, 2.45) is 0 Å². The highest BCUT2D eigenvalue weighted by Gasteiger charge is 2.06. The van der Waals surface area contributed by atoms with Crippen LogP contribution in [0.3, 0.4) is 0 Å². The third-order valence-corrected chi connectivity index (χ3v) is 1.03. The van der Waals surface area contributed by atoms with Gasteiger partial charge in [-0.05, 0) is 0 Å². The summed E-state index contributed by atoms with van der Waals surface area (Å²) in [5, 5.41) is 0. The van der Waals surface area contributed by atoms with Gasteiger partial charge in [-0.1, -0.05) is 0 Å². The van der Waals surface area contributed by atoms with E-state index in [1.807, 2.05) is 0 Å². The van der Waals surface area contributed by atoms with Crippen molar-refractivity contribution >= 4 is 0 Å². The van der Waals surface area contributed by atoms with Crippen LogP contribution in [-0.2, 0) is 0 Å². The molecule has 54 valence electrons. The third kappa shape index (κ3) is 1.05. The van der Waals surface area contributed by atoms with E-state index >= 15 is 0 Å². The molecule has 0 fully saturated rings. The molecule has 0 radical (unpaired) electrons. The minimum atomic E-state index is -1.00. The van der Waals surface area contributed by atoms with Crippen LogP contribution in [-0.4, -0.2) is 12.1 Å². The normalized spacial score (nSPS) is 9.50. The molecule has 2 nitrogen and oxygen atoms in total. The fourth-order valence-electron chi connectivity index (χ4n) is 0.544. The van der Waals surface area contributed by atoms with Crippen molar-refractivity contribution in [2.75, 3.05) is 7.11 Å². The van der Waals surface area contributed by atoms with Gasteiger partial charge in [-0.3, -0.25) is 4.98 Å². The van der Waals surface area contributed by atoms with E-state index < -0.39 is 11.6 Å².